The van der Waals surface area contributed by atoms with Crippen LogP contribution in [0.5, 0.6) is 0 Å². The number of aryl methyl sites for hydroxylation is 1. The fourth-order valence-electron chi connectivity index (χ4n) is 2.28. The minimum Gasteiger partial charge on any atom is -0.313 e. The zero-order valence-electron chi connectivity index (χ0n) is 11.4. The van der Waals surface area contributed by atoms with E-state index in [1.165, 1.54) is 0 Å². The standard InChI is InChI=1S/C16H16Cl3N/c1-10-6-12(8-13(17)7-10)15(20-2)9-11-4-3-5-14(18)16(11)19/h3-8,15,20H,9H2,1-2H3. The fraction of sp³-hybridized carbons (Fsp3) is 0.250. The van der Waals surface area contributed by atoms with E-state index < -0.39 is 0 Å². The lowest BCUT2D eigenvalue weighted by Gasteiger charge is -2.19. The molecule has 0 aliphatic rings. The third-order valence-electron chi connectivity index (χ3n) is 3.27. The Bertz CT molecular complexity index is 590. The predicted octanol–water partition coefficient (Wildman–Crippen LogP) is 5.46. The van der Waals surface area contributed by atoms with Crippen LogP contribution in [0.1, 0.15) is 22.7 Å². The van der Waals surface area contributed by atoms with E-state index in [0.717, 1.165) is 28.1 Å². The quantitative estimate of drug-likeness (QED) is 0.786. The molecule has 1 N–H and O–H groups in total. The Balaban J connectivity index is 2.31. The van der Waals surface area contributed by atoms with Gasteiger partial charge in [-0.2, -0.15) is 0 Å². The van der Waals surface area contributed by atoms with Crippen LogP contribution in [0.3, 0.4) is 0 Å². The summed E-state index contributed by atoms with van der Waals surface area (Å²) >= 11 is 18.5. The topological polar surface area (TPSA) is 12.0 Å². The van der Waals surface area contributed by atoms with Gasteiger partial charge in [-0.3, -0.25) is 0 Å². The van der Waals surface area contributed by atoms with Gasteiger partial charge in [-0.05, 0) is 55.3 Å². The van der Waals surface area contributed by atoms with E-state index >= 15 is 0 Å². The normalized spacial score (nSPS) is 12.4. The van der Waals surface area contributed by atoms with E-state index in [-0.39, 0.29) is 6.04 Å². The van der Waals surface area contributed by atoms with E-state index in [0.29, 0.717) is 10.0 Å². The van der Waals surface area contributed by atoms with Gasteiger partial charge < -0.3 is 5.32 Å². The van der Waals surface area contributed by atoms with Crippen LogP contribution in [-0.2, 0) is 6.42 Å². The number of hydrogen-bond acceptors (Lipinski definition) is 1. The highest BCUT2D eigenvalue weighted by Gasteiger charge is 2.14. The zero-order valence-corrected chi connectivity index (χ0v) is 13.7. The van der Waals surface area contributed by atoms with Crippen LogP contribution < -0.4 is 5.32 Å². The molecule has 0 radical (unpaired) electrons. The summed E-state index contributed by atoms with van der Waals surface area (Å²) in [7, 11) is 1.93. The van der Waals surface area contributed by atoms with Gasteiger partial charge in [0.1, 0.15) is 0 Å². The Morgan fingerprint density at radius 1 is 1.10 bits per heavy atom. The Hall–Kier alpha value is -0.730. The lowest BCUT2D eigenvalue weighted by Crippen LogP contribution is -2.19. The van der Waals surface area contributed by atoms with Crippen LogP contribution in [0.2, 0.25) is 15.1 Å². The number of likely N-dealkylation sites (N-methyl/N-ethyl adjacent to an activating group) is 1. The van der Waals surface area contributed by atoms with E-state index in [2.05, 4.69) is 11.4 Å². The molecule has 1 unspecified atom stereocenters. The molecule has 20 heavy (non-hydrogen) atoms. The van der Waals surface area contributed by atoms with Crippen molar-refractivity contribution in [3.63, 3.8) is 0 Å². The van der Waals surface area contributed by atoms with Crippen molar-refractivity contribution in [3.05, 3.63) is 68.2 Å². The van der Waals surface area contributed by atoms with Crippen molar-refractivity contribution in [1.82, 2.24) is 5.32 Å². The molecule has 0 aliphatic carbocycles. The molecule has 4 heteroatoms. The van der Waals surface area contributed by atoms with E-state index in [1.807, 2.05) is 38.2 Å². The van der Waals surface area contributed by atoms with Crippen LogP contribution in [0.15, 0.2) is 36.4 Å². The molecule has 0 heterocycles. The number of halogens is 3. The van der Waals surface area contributed by atoms with Crippen molar-refractivity contribution in [3.8, 4) is 0 Å². The van der Waals surface area contributed by atoms with Gasteiger partial charge in [0, 0.05) is 11.1 Å². The third-order valence-corrected chi connectivity index (χ3v) is 4.35. The van der Waals surface area contributed by atoms with Crippen molar-refractivity contribution < 1.29 is 0 Å². The van der Waals surface area contributed by atoms with Gasteiger partial charge in [-0.25, -0.2) is 0 Å². The highest BCUT2D eigenvalue weighted by Crippen LogP contribution is 2.30. The summed E-state index contributed by atoms with van der Waals surface area (Å²) in [5.74, 6) is 0. The second-order valence-corrected chi connectivity index (χ2v) is 6.04. The molecule has 1 nitrogen and oxygen atoms in total. The molecule has 0 saturated heterocycles. The number of nitrogens with one attached hydrogen (secondary N) is 1. The van der Waals surface area contributed by atoms with E-state index in [1.54, 1.807) is 6.07 Å². The van der Waals surface area contributed by atoms with Crippen molar-refractivity contribution in [2.75, 3.05) is 7.05 Å². The molecular weight excluding hydrogens is 313 g/mol. The van der Waals surface area contributed by atoms with Gasteiger partial charge in [0.2, 0.25) is 0 Å². The van der Waals surface area contributed by atoms with Crippen molar-refractivity contribution in [1.29, 1.82) is 0 Å². The average molecular weight is 329 g/mol. The lowest BCUT2D eigenvalue weighted by atomic mass is 9.97. The second-order valence-electron chi connectivity index (χ2n) is 4.82. The molecule has 2 rings (SSSR count). The largest absolute Gasteiger partial charge is 0.313 e. The highest BCUT2D eigenvalue weighted by atomic mass is 35.5. The SMILES string of the molecule is CNC(Cc1cccc(Cl)c1Cl)c1cc(C)cc(Cl)c1. The molecule has 0 aromatic heterocycles. The summed E-state index contributed by atoms with van der Waals surface area (Å²) in [4.78, 5) is 0. The zero-order chi connectivity index (χ0) is 14.7. The summed E-state index contributed by atoms with van der Waals surface area (Å²) in [6, 6.07) is 11.9. The van der Waals surface area contributed by atoms with Crippen LogP contribution in [-0.4, -0.2) is 7.05 Å². The first kappa shape index (κ1) is 15.7. The molecule has 0 aliphatic heterocycles. The molecule has 0 fully saturated rings. The second kappa shape index (κ2) is 6.82. The average Bonchev–Trinajstić information content (AvgIpc) is 2.39. The Morgan fingerprint density at radius 3 is 2.50 bits per heavy atom. The summed E-state index contributed by atoms with van der Waals surface area (Å²) in [6.45, 7) is 2.04. The maximum atomic E-state index is 6.26. The predicted molar refractivity (Wildman–Crippen MR) is 88.2 cm³/mol. The first-order valence-electron chi connectivity index (χ1n) is 6.38. The van der Waals surface area contributed by atoms with Gasteiger partial charge in [0.15, 0.2) is 0 Å². The first-order chi connectivity index (χ1) is 9.51. The van der Waals surface area contributed by atoms with Gasteiger partial charge in [-0.1, -0.05) is 53.0 Å². The van der Waals surface area contributed by atoms with E-state index in [9.17, 15) is 0 Å². The molecule has 0 bridgehead atoms. The van der Waals surface area contributed by atoms with Crippen LogP contribution in [0, 0.1) is 6.92 Å². The molecule has 0 saturated carbocycles. The van der Waals surface area contributed by atoms with Gasteiger partial charge >= 0.3 is 0 Å². The fourth-order valence-corrected chi connectivity index (χ4v) is 2.97. The summed E-state index contributed by atoms with van der Waals surface area (Å²) < 4.78 is 0. The van der Waals surface area contributed by atoms with Crippen LogP contribution in [0.25, 0.3) is 0 Å². The Kier molecular flexibility index (Phi) is 5.34. The number of benzene rings is 2. The maximum absolute atomic E-state index is 6.26. The van der Waals surface area contributed by atoms with Gasteiger partial charge in [0.05, 0.1) is 10.0 Å². The lowest BCUT2D eigenvalue weighted by molar-refractivity contribution is 0.592. The van der Waals surface area contributed by atoms with Crippen molar-refractivity contribution >= 4 is 34.8 Å². The number of rotatable bonds is 4. The minimum atomic E-state index is 0.142. The summed E-state index contributed by atoms with van der Waals surface area (Å²) in [6.07, 6.45) is 0.760. The monoisotopic (exact) mass is 327 g/mol. The molecule has 106 valence electrons. The molecule has 0 amide bonds. The molecule has 2 aromatic rings. The van der Waals surface area contributed by atoms with Crippen LogP contribution >= 0.6 is 34.8 Å². The van der Waals surface area contributed by atoms with Gasteiger partial charge in [0.25, 0.3) is 0 Å². The van der Waals surface area contributed by atoms with Crippen LogP contribution in [0.4, 0.5) is 0 Å². The highest BCUT2D eigenvalue weighted by molar-refractivity contribution is 6.42. The maximum Gasteiger partial charge on any atom is 0.0624 e. The van der Waals surface area contributed by atoms with Crippen molar-refractivity contribution in [2.45, 2.75) is 19.4 Å². The molecule has 1 atom stereocenters. The minimum absolute atomic E-state index is 0.142. The molecule has 0 spiro atoms. The third kappa shape index (κ3) is 3.67. The smallest absolute Gasteiger partial charge is 0.0624 e. The first-order valence-corrected chi connectivity index (χ1v) is 7.52. The number of hydrogen-bond donors (Lipinski definition) is 1. The van der Waals surface area contributed by atoms with Gasteiger partial charge in [-0.15, -0.1) is 0 Å². The molecule has 2 aromatic carbocycles. The summed E-state index contributed by atoms with van der Waals surface area (Å²) in [5.41, 5.74) is 3.31. The Labute approximate surface area is 134 Å². The van der Waals surface area contributed by atoms with Crippen molar-refractivity contribution in [2.24, 2.45) is 0 Å². The summed E-state index contributed by atoms with van der Waals surface area (Å²) in [5, 5.41) is 5.26. The van der Waals surface area contributed by atoms with E-state index in [4.69, 9.17) is 34.8 Å². The Morgan fingerprint density at radius 2 is 1.85 bits per heavy atom. The molecular formula is C16H16Cl3N.